The number of thiophene rings is 1. The number of fused-ring (bicyclic) bond motifs is 2. The molecule has 4 heterocycles. The molecule has 8 nitrogen and oxygen atoms in total. The summed E-state index contributed by atoms with van der Waals surface area (Å²) in [6.45, 7) is 7.47. The Labute approximate surface area is 181 Å². The average Bonchev–Trinajstić information content (AvgIpc) is 3.39. The lowest BCUT2D eigenvalue weighted by molar-refractivity contribution is -0.138. The number of hydrogen-bond acceptors (Lipinski definition) is 6. The van der Waals surface area contributed by atoms with Gasteiger partial charge in [-0.15, -0.1) is 11.3 Å². The molecule has 3 aliphatic heterocycles. The van der Waals surface area contributed by atoms with Crippen LogP contribution in [0.1, 0.15) is 52.7 Å². The van der Waals surface area contributed by atoms with Crippen LogP contribution in [0.15, 0.2) is 6.07 Å². The Kier molecular flexibility index (Phi) is 7.85. The third kappa shape index (κ3) is 5.19. The SMILES string of the molecule is CC(=O)N1CCC2(CC1)OCCc1cc(C(=O)NCCN3CCCC3)sc12.O=CO. The monoisotopic (exact) mass is 437 g/mol. The molecule has 2 saturated heterocycles. The predicted octanol–water partition coefficient (Wildman–Crippen LogP) is 1.68. The van der Waals surface area contributed by atoms with Crippen LogP contribution in [0, 0.1) is 0 Å². The van der Waals surface area contributed by atoms with Gasteiger partial charge in [-0.2, -0.15) is 0 Å². The van der Waals surface area contributed by atoms with Gasteiger partial charge in [-0.25, -0.2) is 0 Å². The van der Waals surface area contributed by atoms with Gasteiger partial charge in [-0.05, 0) is 56.8 Å². The van der Waals surface area contributed by atoms with E-state index in [-0.39, 0.29) is 23.9 Å². The molecule has 0 saturated carbocycles. The van der Waals surface area contributed by atoms with Crippen LogP contribution in [0.4, 0.5) is 0 Å². The van der Waals surface area contributed by atoms with Crippen LogP contribution in [0.25, 0.3) is 0 Å². The summed E-state index contributed by atoms with van der Waals surface area (Å²) >= 11 is 1.59. The highest BCUT2D eigenvalue weighted by molar-refractivity contribution is 7.14. The molecule has 0 bridgehead atoms. The fourth-order valence-electron chi connectivity index (χ4n) is 4.51. The highest BCUT2D eigenvalue weighted by Crippen LogP contribution is 2.45. The fraction of sp³-hybridized carbons (Fsp3) is 0.667. The Morgan fingerprint density at radius 3 is 2.57 bits per heavy atom. The molecule has 30 heavy (non-hydrogen) atoms. The fourth-order valence-corrected chi connectivity index (χ4v) is 5.84. The van der Waals surface area contributed by atoms with Gasteiger partial charge in [0.2, 0.25) is 5.91 Å². The molecule has 0 aliphatic carbocycles. The third-order valence-corrected chi connectivity index (χ3v) is 7.49. The molecule has 1 aromatic heterocycles. The van der Waals surface area contributed by atoms with Crippen LogP contribution >= 0.6 is 11.3 Å². The second-order valence-corrected chi connectivity index (χ2v) is 9.03. The second-order valence-electron chi connectivity index (χ2n) is 7.97. The molecule has 4 rings (SSSR count). The van der Waals surface area contributed by atoms with Gasteiger partial charge in [0.1, 0.15) is 5.60 Å². The lowest BCUT2D eigenvalue weighted by Gasteiger charge is -2.43. The maximum Gasteiger partial charge on any atom is 0.290 e. The van der Waals surface area contributed by atoms with E-state index in [2.05, 4.69) is 16.3 Å². The van der Waals surface area contributed by atoms with E-state index in [4.69, 9.17) is 14.6 Å². The molecule has 3 aliphatic rings. The van der Waals surface area contributed by atoms with Gasteiger partial charge in [0.05, 0.1) is 11.5 Å². The number of hydrogen-bond donors (Lipinski definition) is 2. The summed E-state index contributed by atoms with van der Waals surface area (Å²) < 4.78 is 6.24. The van der Waals surface area contributed by atoms with Crippen molar-refractivity contribution in [3.05, 3.63) is 21.4 Å². The second kappa shape index (κ2) is 10.4. The largest absolute Gasteiger partial charge is 0.483 e. The van der Waals surface area contributed by atoms with Crippen LogP contribution in [0.3, 0.4) is 0 Å². The van der Waals surface area contributed by atoms with Crippen molar-refractivity contribution in [1.82, 2.24) is 15.1 Å². The zero-order valence-corrected chi connectivity index (χ0v) is 18.3. The van der Waals surface area contributed by atoms with E-state index in [0.717, 1.165) is 56.9 Å². The predicted molar refractivity (Wildman–Crippen MR) is 114 cm³/mol. The minimum atomic E-state index is -0.307. The van der Waals surface area contributed by atoms with E-state index < -0.39 is 0 Å². The summed E-state index contributed by atoms with van der Waals surface area (Å²) in [5, 5.41) is 9.97. The molecule has 2 N–H and O–H groups in total. The molecular formula is C21H31N3O5S. The summed E-state index contributed by atoms with van der Waals surface area (Å²) in [4.78, 5) is 38.9. The molecule has 1 aromatic rings. The highest BCUT2D eigenvalue weighted by Gasteiger charge is 2.43. The van der Waals surface area contributed by atoms with E-state index in [1.165, 1.54) is 23.3 Å². The summed E-state index contributed by atoms with van der Waals surface area (Å²) in [6.07, 6.45) is 5.04. The van der Waals surface area contributed by atoms with Gasteiger partial charge >= 0.3 is 0 Å². The lowest BCUT2D eigenvalue weighted by atomic mass is 9.85. The maximum atomic E-state index is 12.6. The lowest BCUT2D eigenvalue weighted by Crippen LogP contribution is -2.47. The zero-order valence-electron chi connectivity index (χ0n) is 17.5. The number of amides is 2. The van der Waals surface area contributed by atoms with E-state index in [0.29, 0.717) is 13.2 Å². The van der Waals surface area contributed by atoms with Gasteiger partial charge in [0, 0.05) is 38.0 Å². The third-order valence-electron chi connectivity index (χ3n) is 6.13. The Bertz CT molecular complexity index is 752. The maximum absolute atomic E-state index is 12.6. The van der Waals surface area contributed by atoms with Gasteiger partial charge < -0.3 is 25.0 Å². The molecular weight excluding hydrogens is 406 g/mol. The number of nitrogens with zero attached hydrogens (tertiary/aromatic N) is 2. The number of rotatable bonds is 4. The molecule has 0 unspecified atom stereocenters. The molecule has 166 valence electrons. The van der Waals surface area contributed by atoms with Gasteiger partial charge in [-0.1, -0.05) is 0 Å². The smallest absolute Gasteiger partial charge is 0.290 e. The Morgan fingerprint density at radius 2 is 1.93 bits per heavy atom. The van der Waals surface area contributed by atoms with Crippen LogP contribution in [0.5, 0.6) is 0 Å². The first-order valence-electron chi connectivity index (χ1n) is 10.6. The van der Waals surface area contributed by atoms with E-state index in [1.807, 2.05) is 4.90 Å². The molecule has 2 fully saturated rings. The first-order valence-corrected chi connectivity index (χ1v) is 11.4. The number of nitrogens with one attached hydrogen (secondary N) is 1. The number of carbonyl (C=O) groups excluding carboxylic acids is 2. The topological polar surface area (TPSA) is 99.2 Å². The van der Waals surface area contributed by atoms with Crippen molar-refractivity contribution < 1.29 is 24.2 Å². The Morgan fingerprint density at radius 1 is 1.27 bits per heavy atom. The number of piperidine rings is 1. The Hall–Kier alpha value is -1.97. The standard InChI is InChI=1S/C20H29N3O3S.CH2O2/c1-15(24)23-10-5-20(6-11-23)18-16(4-13-26-20)14-17(27-18)19(25)21-7-12-22-8-2-3-9-22;2-1-3/h14H,2-13H2,1H3,(H,21,25);1H,(H,2,3). The van der Waals surface area contributed by atoms with Crippen LogP contribution in [-0.4, -0.2) is 79.1 Å². The highest BCUT2D eigenvalue weighted by atomic mass is 32.1. The van der Waals surface area contributed by atoms with Gasteiger partial charge in [0.25, 0.3) is 12.4 Å². The van der Waals surface area contributed by atoms with Crippen LogP contribution < -0.4 is 5.32 Å². The summed E-state index contributed by atoms with van der Waals surface area (Å²) in [5.41, 5.74) is 0.949. The van der Waals surface area contributed by atoms with Crippen molar-refractivity contribution in [2.24, 2.45) is 0 Å². The zero-order chi connectivity index (χ0) is 21.6. The van der Waals surface area contributed by atoms with E-state index >= 15 is 0 Å². The average molecular weight is 438 g/mol. The van der Waals surface area contributed by atoms with Crippen molar-refractivity contribution >= 4 is 29.6 Å². The quantitative estimate of drug-likeness (QED) is 0.696. The molecule has 0 atom stereocenters. The van der Waals surface area contributed by atoms with Crippen LogP contribution in [0.2, 0.25) is 0 Å². The summed E-state index contributed by atoms with van der Waals surface area (Å²) in [6, 6.07) is 2.06. The summed E-state index contributed by atoms with van der Waals surface area (Å²) in [7, 11) is 0. The molecule has 0 aromatic carbocycles. The first kappa shape index (κ1) is 22.7. The molecule has 9 heteroatoms. The van der Waals surface area contributed by atoms with E-state index in [1.54, 1.807) is 18.3 Å². The minimum Gasteiger partial charge on any atom is -0.483 e. The van der Waals surface area contributed by atoms with Gasteiger partial charge in [0.15, 0.2) is 0 Å². The molecule has 0 radical (unpaired) electrons. The van der Waals surface area contributed by atoms with Crippen LogP contribution in [-0.2, 0) is 26.3 Å². The number of likely N-dealkylation sites (tertiary alicyclic amines) is 2. The van der Waals surface area contributed by atoms with Crippen molar-refractivity contribution in [3.63, 3.8) is 0 Å². The van der Waals surface area contributed by atoms with Crippen molar-refractivity contribution in [2.75, 3.05) is 45.9 Å². The normalized spacial score (nSPS) is 20.2. The summed E-state index contributed by atoms with van der Waals surface area (Å²) in [5.74, 6) is 0.162. The number of carbonyl (C=O) groups is 3. The first-order chi connectivity index (χ1) is 14.5. The van der Waals surface area contributed by atoms with Crippen molar-refractivity contribution in [3.8, 4) is 0 Å². The molecule has 2 amide bonds. The number of carboxylic acid groups (broad SMARTS) is 1. The van der Waals surface area contributed by atoms with Gasteiger partial charge in [-0.3, -0.25) is 14.4 Å². The van der Waals surface area contributed by atoms with E-state index in [9.17, 15) is 9.59 Å². The molecule has 1 spiro atoms. The minimum absolute atomic E-state index is 0.0323. The van der Waals surface area contributed by atoms with Crippen molar-refractivity contribution in [2.45, 2.75) is 44.6 Å². The van der Waals surface area contributed by atoms with Crippen molar-refractivity contribution in [1.29, 1.82) is 0 Å². The Balaban J connectivity index is 0.000000806. The number of ether oxygens (including phenoxy) is 1.